The largest absolute Gasteiger partial charge is 0.337 e. The fourth-order valence-electron chi connectivity index (χ4n) is 3.93. The van der Waals surface area contributed by atoms with Crippen LogP contribution < -0.4 is 0 Å². The normalized spacial score (nSPS) is 21.2. The van der Waals surface area contributed by atoms with Crippen molar-refractivity contribution in [2.45, 2.75) is 65.1 Å². The minimum Gasteiger partial charge on any atom is -0.337 e. The van der Waals surface area contributed by atoms with E-state index in [0.29, 0.717) is 25.0 Å². The lowest BCUT2D eigenvalue weighted by Crippen LogP contribution is -2.48. The first kappa shape index (κ1) is 16.7. The van der Waals surface area contributed by atoms with Crippen molar-refractivity contribution in [3.8, 4) is 0 Å². The number of rotatable bonds is 4. The lowest BCUT2D eigenvalue weighted by Gasteiger charge is -2.39. The SMILES string of the molecule is CCC(=O)c1cn(CC(=O)N2[C@H](C)CCC[C@@H]2C)c2ccccc12. The van der Waals surface area contributed by atoms with Gasteiger partial charge in [0.2, 0.25) is 5.91 Å². The molecule has 4 heteroatoms. The van der Waals surface area contributed by atoms with Gasteiger partial charge in [0.15, 0.2) is 5.78 Å². The van der Waals surface area contributed by atoms with Crippen molar-refractivity contribution in [1.29, 1.82) is 0 Å². The predicted molar refractivity (Wildman–Crippen MR) is 96.2 cm³/mol. The second-order valence-electron chi connectivity index (χ2n) is 6.89. The van der Waals surface area contributed by atoms with Crippen LogP contribution in [0.4, 0.5) is 0 Å². The first-order valence-electron chi connectivity index (χ1n) is 8.95. The number of carbonyl (C=O) groups excluding carboxylic acids is 2. The minimum absolute atomic E-state index is 0.122. The van der Waals surface area contributed by atoms with Gasteiger partial charge in [0, 0.05) is 41.2 Å². The van der Waals surface area contributed by atoms with E-state index in [0.717, 1.165) is 29.3 Å². The highest BCUT2D eigenvalue weighted by Gasteiger charge is 2.29. The van der Waals surface area contributed by atoms with Gasteiger partial charge in [-0.25, -0.2) is 0 Å². The van der Waals surface area contributed by atoms with Crippen LogP contribution >= 0.6 is 0 Å². The number of amides is 1. The lowest BCUT2D eigenvalue weighted by molar-refractivity contribution is -0.137. The third-order valence-electron chi connectivity index (χ3n) is 5.20. The Morgan fingerprint density at radius 1 is 1.12 bits per heavy atom. The summed E-state index contributed by atoms with van der Waals surface area (Å²) in [4.78, 5) is 27.2. The minimum atomic E-state index is 0.122. The molecule has 1 aliphatic rings. The highest BCUT2D eigenvalue weighted by molar-refractivity contribution is 6.08. The molecule has 2 heterocycles. The van der Waals surface area contributed by atoms with Crippen molar-refractivity contribution in [2.75, 3.05) is 0 Å². The zero-order valence-corrected chi connectivity index (χ0v) is 14.8. The molecular formula is C20H26N2O2. The molecule has 2 aromatic rings. The first-order chi connectivity index (χ1) is 11.5. The van der Waals surface area contributed by atoms with Crippen molar-refractivity contribution in [3.63, 3.8) is 0 Å². The number of ketones is 1. The van der Waals surface area contributed by atoms with Gasteiger partial charge in [0.25, 0.3) is 0 Å². The van der Waals surface area contributed by atoms with Crippen LogP contribution in [0.3, 0.4) is 0 Å². The molecule has 0 saturated carbocycles. The molecule has 0 N–H and O–H groups in total. The van der Waals surface area contributed by atoms with E-state index in [4.69, 9.17) is 0 Å². The molecule has 1 fully saturated rings. The van der Waals surface area contributed by atoms with Crippen molar-refractivity contribution in [2.24, 2.45) is 0 Å². The number of aromatic nitrogens is 1. The number of Topliss-reactive ketones (excluding diaryl/α,β-unsaturated/α-hetero) is 1. The molecule has 0 bridgehead atoms. The third-order valence-corrected chi connectivity index (χ3v) is 5.20. The van der Waals surface area contributed by atoms with Gasteiger partial charge in [-0.1, -0.05) is 25.1 Å². The molecule has 128 valence electrons. The number of hydrogen-bond acceptors (Lipinski definition) is 2. The number of benzene rings is 1. The molecule has 24 heavy (non-hydrogen) atoms. The van der Waals surface area contributed by atoms with Crippen LogP contribution in [0, 0.1) is 0 Å². The van der Waals surface area contributed by atoms with Gasteiger partial charge in [-0.3, -0.25) is 9.59 Å². The van der Waals surface area contributed by atoms with E-state index in [1.54, 1.807) is 0 Å². The molecule has 2 atom stereocenters. The van der Waals surface area contributed by atoms with Gasteiger partial charge in [-0.05, 0) is 39.2 Å². The summed E-state index contributed by atoms with van der Waals surface area (Å²) < 4.78 is 1.94. The topological polar surface area (TPSA) is 42.3 Å². The Balaban J connectivity index is 1.92. The number of piperidine rings is 1. The number of para-hydroxylation sites is 1. The molecule has 1 aromatic heterocycles. The summed E-state index contributed by atoms with van der Waals surface area (Å²) >= 11 is 0. The molecule has 3 rings (SSSR count). The van der Waals surface area contributed by atoms with Crippen LogP contribution in [0.5, 0.6) is 0 Å². The standard InChI is InChI=1S/C20H26N2O2/c1-4-19(23)17-12-21(18-11-6-5-10-16(17)18)13-20(24)22-14(2)8-7-9-15(22)3/h5-6,10-12,14-15H,4,7-9,13H2,1-3H3/t14-,15+. The van der Waals surface area contributed by atoms with E-state index >= 15 is 0 Å². The Kier molecular flexibility index (Phi) is 4.74. The Morgan fingerprint density at radius 3 is 2.46 bits per heavy atom. The fraction of sp³-hybridized carbons (Fsp3) is 0.500. The molecule has 1 aromatic carbocycles. The highest BCUT2D eigenvalue weighted by atomic mass is 16.2. The van der Waals surface area contributed by atoms with Crippen LogP contribution in [0.2, 0.25) is 0 Å². The van der Waals surface area contributed by atoms with Gasteiger partial charge in [-0.2, -0.15) is 0 Å². The maximum absolute atomic E-state index is 12.9. The van der Waals surface area contributed by atoms with Crippen molar-refractivity contribution in [1.82, 2.24) is 9.47 Å². The summed E-state index contributed by atoms with van der Waals surface area (Å²) in [6.45, 7) is 6.43. The highest BCUT2D eigenvalue weighted by Crippen LogP contribution is 2.25. The predicted octanol–water partition coefficient (Wildman–Crippen LogP) is 4.02. The average molecular weight is 326 g/mol. The van der Waals surface area contributed by atoms with Gasteiger partial charge in [-0.15, -0.1) is 0 Å². The maximum atomic E-state index is 12.9. The molecule has 0 aliphatic carbocycles. The van der Waals surface area contributed by atoms with E-state index in [1.807, 2.05) is 46.9 Å². The van der Waals surface area contributed by atoms with Crippen molar-refractivity contribution >= 4 is 22.6 Å². The zero-order valence-electron chi connectivity index (χ0n) is 14.8. The van der Waals surface area contributed by atoms with Crippen LogP contribution in [0.1, 0.15) is 56.8 Å². The van der Waals surface area contributed by atoms with Gasteiger partial charge in [0.05, 0.1) is 0 Å². The monoisotopic (exact) mass is 326 g/mol. The molecule has 0 unspecified atom stereocenters. The van der Waals surface area contributed by atoms with E-state index in [1.165, 1.54) is 6.42 Å². The van der Waals surface area contributed by atoms with E-state index in [-0.39, 0.29) is 11.7 Å². The van der Waals surface area contributed by atoms with E-state index in [2.05, 4.69) is 13.8 Å². The summed E-state index contributed by atoms with van der Waals surface area (Å²) in [5.74, 6) is 0.267. The molecule has 0 spiro atoms. The molecular weight excluding hydrogens is 300 g/mol. The van der Waals surface area contributed by atoms with E-state index in [9.17, 15) is 9.59 Å². The van der Waals surface area contributed by atoms with Crippen LogP contribution in [0.15, 0.2) is 30.5 Å². The number of fused-ring (bicyclic) bond motifs is 1. The average Bonchev–Trinajstić information content (AvgIpc) is 2.93. The van der Waals surface area contributed by atoms with Crippen LogP contribution in [0.25, 0.3) is 10.9 Å². The Hall–Kier alpha value is -2.10. The number of carbonyl (C=O) groups is 2. The number of likely N-dealkylation sites (tertiary alicyclic amines) is 1. The van der Waals surface area contributed by atoms with Crippen molar-refractivity contribution in [3.05, 3.63) is 36.0 Å². The van der Waals surface area contributed by atoms with E-state index < -0.39 is 0 Å². The molecule has 1 amide bonds. The summed E-state index contributed by atoms with van der Waals surface area (Å²) in [6, 6.07) is 8.43. The van der Waals surface area contributed by atoms with Crippen LogP contribution in [-0.4, -0.2) is 33.2 Å². The molecule has 1 saturated heterocycles. The molecule has 4 nitrogen and oxygen atoms in total. The third kappa shape index (κ3) is 2.97. The Labute approximate surface area is 143 Å². The molecule has 0 radical (unpaired) electrons. The van der Waals surface area contributed by atoms with Gasteiger partial charge in [0.1, 0.15) is 6.54 Å². The fourth-order valence-corrected chi connectivity index (χ4v) is 3.93. The quantitative estimate of drug-likeness (QED) is 0.796. The Bertz CT molecular complexity index is 752. The summed E-state index contributed by atoms with van der Waals surface area (Å²) in [5.41, 5.74) is 1.68. The maximum Gasteiger partial charge on any atom is 0.242 e. The lowest BCUT2D eigenvalue weighted by atomic mass is 9.97. The zero-order chi connectivity index (χ0) is 17.3. The van der Waals surface area contributed by atoms with Gasteiger partial charge >= 0.3 is 0 Å². The van der Waals surface area contributed by atoms with Crippen molar-refractivity contribution < 1.29 is 9.59 Å². The second-order valence-corrected chi connectivity index (χ2v) is 6.89. The number of nitrogens with zero attached hydrogens (tertiary/aromatic N) is 2. The smallest absolute Gasteiger partial charge is 0.242 e. The first-order valence-corrected chi connectivity index (χ1v) is 8.95. The second kappa shape index (κ2) is 6.80. The number of hydrogen-bond donors (Lipinski definition) is 0. The summed E-state index contributed by atoms with van der Waals surface area (Å²) in [7, 11) is 0. The summed E-state index contributed by atoms with van der Waals surface area (Å²) in [6.07, 6.45) is 5.66. The Morgan fingerprint density at radius 2 is 1.79 bits per heavy atom. The van der Waals surface area contributed by atoms with Gasteiger partial charge < -0.3 is 9.47 Å². The van der Waals surface area contributed by atoms with Crippen LogP contribution in [-0.2, 0) is 11.3 Å². The molecule has 1 aliphatic heterocycles. The summed E-state index contributed by atoms with van der Waals surface area (Å²) in [5, 5.41) is 0.942.